The second kappa shape index (κ2) is 3.40. The first-order valence-electron chi connectivity index (χ1n) is 3.35. The monoisotopic (exact) mass is 205 g/mol. The Hall–Kier alpha value is -0.0000000000000000555. The van der Waals surface area contributed by atoms with Crippen LogP contribution < -0.4 is 5.32 Å². The molecule has 0 aromatic rings. The number of hydrogen-bond acceptors (Lipinski definition) is 2. The number of alkyl halides is 3. The van der Waals surface area contributed by atoms with Crippen molar-refractivity contribution in [2.24, 2.45) is 0 Å². The van der Waals surface area contributed by atoms with Crippen LogP contribution in [0.4, 0.5) is 13.2 Å². The van der Waals surface area contributed by atoms with Crippen LogP contribution in [0.3, 0.4) is 0 Å². The van der Waals surface area contributed by atoms with Gasteiger partial charge in [0.1, 0.15) is 0 Å². The van der Waals surface area contributed by atoms with Crippen molar-refractivity contribution in [3.05, 3.63) is 0 Å². The summed E-state index contributed by atoms with van der Waals surface area (Å²) >= 11 is 0. The van der Waals surface area contributed by atoms with Gasteiger partial charge in [-0.25, -0.2) is 0 Å². The first-order chi connectivity index (χ1) is 4.89. The molecule has 0 aliphatic heterocycles. The molecule has 12 heavy (non-hydrogen) atoms. The third-order valence-corrected chi connectivity index (χ3v) is 2.10. The van der Waals surface area contributed by atoms with Gasteiger partial charge in [0, 0.05) is 18.9 Å². The largest absolute Gasteiger partial charge is 0.417 e. The Morgan fingerprint density at radius 1 is 1.42 bits per heavy atom. The molecule has 0 aromatic carbocycles. The lowest BCUT2D eigenvalue weighted by Gasteiger charge is -2.44. The Bertz CT molecular complexity index is 155. The fourth-order valence-electron chi connectivity index (χ4n) is 1.19. The molecule has 0 amide bonds. The number of halogens is 4. The van der Waals surface area contributed by atoms with E-state index in [9.17, 15) is 13.2 Å². The van der Waals surface area contributed by atoms with Gasteiger partial charge in [-0.1, -0.05) is 0 Å². The quantitative estimate of drug-likeness (QED) is 0.672. The van der Waals surface area contributed by atoms with Crippen molar-refractivity contribution in [1.29, 1.82) is 0 Å². The molecule has 1 saturated carbocycles. The minimum Gasteiger partial charge on any atom is -0.380 e. The van der Waals surface area contributed by atoms with Crippen molar-refractivity contribution in [3.8, 4) is 0 Å². The normalized spacial score (nSPS) is 35.2. The second-order valence-corrected chi connectivity index (χ2v) is 2.92. The predicted octanol–water partition coefficient (Wildman–Crippen LogP) is 1.08. The van der Waals surface area contributed by atoms with Gasteiger partial charge in [0.25, 0.3) is 0 Å². The summed E-state index contributed by atoms with van der Waals surface area (Å²) in [5, 5.41) is 11.6. The van der Waals surface area contributed by atoms with Crippen LogP contribution in [0.5, 0.6) is 0 Å². The number of hydrogen-bond donors (Lipinski definition) is 2. The first-order valence-corrected chi connectivity index (χ1v) is 3.35. The summed E-state index contributed by atoms with van der Waals surface area (Å²) in [4.78, 5) is 0. The van der Waals surface area contributed by atoms with Gasteiger partial charge in [-0.15, -0.1) is 12.4 Å². The number of aliphatic hydroxyl groups is 1. The Morgan fingerprint density at radius 3 is 2.08 bits per heavy atom. The lowest BCUT2D eigenvalue weighted by molar-refractivity contribution is -0.291. The fraction of sp³-hybridized carbons (Fsp3) is 1.00. The maximum atomic E-state index is 11.9. The molecular weight excluding hydrogens is 195 g/mol. The van der Waals surface area contributed by atoms with Gasteiger partial charge < -0.3 is 10.4 Å². The van der Waals surface area contributed by atoms with Crippen LogP contribution in [0.25, 0.3) is 0 Å². The van der Waals surface area contributed by atoms with Gasteiger partial charge in [-0.3, -0.25) is 0 Å². The standard InChI is InChI=1S/C6H10F3NO.ClH/c1-10-4-2-5(11,3-4)6(7,8)9;/h4,10-11H,2-3H2,1H3;1H. The van der Waals surface area contributed by atoms with E-state index in [4.69, 9.17) is 5.11 Å². The Labute approximate surface area is 74.6 Å². The van der Waals surface area contributed by atoms with Gasteiger partial charge in [0.2, 0.25) is 0 Å². The highest BCUT2D eigenvalue weighted by Crippen LogP contribution is 2.44. The van der Waals surface area contributed by atoms with Crippen LogP contribution in [0.1, 0.15) is 12.8 Å². The minimum atomic E-state index is -4.47. The molecule has 2 nitrogen and oxygen atoms in total. The number of nitrogens with one attached hydrogen (secondary N) is 1. The van der Waals surface area contributed by atoms with Crippen molar-refractivity contribution in [1.82, 2.24) is 5.32 Å². The molecule has 6 heteroatoms. The SMILES string of the molecule is CNC1CC(O)(C(F)(F)F)C1.Cl. The van der Waals surface area contributed by atoms with E-state index in [1.165, 1.54) is 0 Å². The van der Waals surface area contributed by atoms with Crippen LogP contribution in [-0.2, 0) is 0 Å². The highest BCUT2D eigenvalue weighted by molar-refractivity contribution is 5.85. The summed E-state index contributed by atoms with van der Waals surface area (Å²) in [6, 6.07) is -0.193. The van der Waals surface area contributed by atoms with Gasteiger partial charge in [0.05, 0.1) is 0 Å². The van der Waals surface area contributed by atoms with Crippen LogP contribution in [0.15, 0.2) is 0 Å². The summed E-state index contributed by atoms with van der Waals surface area (Å²) in [5.74, 6) is 0. The molecule has 1 fully saturated rings. The van der Waals surface area contributed by atoms with Crippen molar-refractivity contribution in [3.63, 3.8) is 0 Å². The van der Waals surface area contributed by atoms with Crippen molar-refractivity contribution in [2.45, 2.75) is 30.7 Å². The maximum Gasteiger partial charge on any atom is 0.417 e. The Morgan fingerprint density at radius 2 is 1.83 bits per heavy atom. The predicted molar refractivity (Wildman–Crippen MR) is 40.3 cm³/mol. The van der Waals surface area contributed by atoms with E-state index in [-0.39, 0.29) is 31.3 Å². The molecular formula is C6H11ClF3NO. The molecule has 0 atom stereocenters. The third-order valence-electron chi connectivity index (χ3n) is 2.10. The summed E-state index contributed by atoms with van der Waals surface area (Å²) in [6.45, 7) is 0. The van der Waals surface area contributed by atoms with E-state index < -0.39 is 11.8 Å². The highest BCUT2D eigenvalue weighted by atomic mass is 35.5. The summed E-state index contributed by atoms with van der Waals surface area (Å²) in [5.41, 5.74) is -2.43. The maximum absolute atomic E-state index is 11.9. The number of rotatable bonds is 1. The molecule has 0 saturated heterocycles. The Kier molecular flexibility index (Phi) is 3.40. The van der Waals surface area contributed by atoms with Crippen LogP contribution in [-0.4, -0.2) is 30.0 Å². The van der Waals surface area contributed by atoms with E-state index in [1.807, 2.05) is 0 Å². The summed E-state index contributed by atoms with van der Waals surface area (Å²) in [6.07, 6.45) is -4.93. The molecule has 0 bridgehead atoms. The lowest BCUT2D eigenvalue weighted by atomic mass is 9.75. The zero-order valence-corrected chi connectivity index (χ0v) is 7.30. The van der Waals surface area contributed by atoms with E-state index in [1.54, 1.807) is 7.05 Å². The highest BCUT2D eigenvalue weighted by Gasteiger charge is 2.60. The van der Waals surface area contributed by atoms with Gasteiger partial charge >= 0.3 is 6.18 Å². The molecule has 0 spiro atoms. The van der Waals surface area contributed by atoms with E-state index >= 15 is 0 Å². The molecule has 2 N–H and O–H groups in total. The molecule has 0 unspecified atom stereocenters. The molecule has 0 radical (unpaired) electrons. The average Bonchev–Trinajstić information content (AvgIpc) is 1.78. The second-order valence-electron chi connectivity index (χ2n) is 2.92. The van der Waals surface area contributed by atoms with E-state index in [0.29, 0.717) is 0 Å². The van der Waals surface area contributed by atoms with Crippen LogP contribution in [0, 0.1) is 0 Å². The first kappa shape index (κ1) is 12.0. The van der Waals surface area contributed by atoms with Crippen molar-refractivity contribution in [2.75, 3.05) is 7.05 Å². The zero-order valence-electron chi connectivity index (χ0n) is 6.48. The van der Waals surface area contributed by atoms with E-state index in [0.717, 1.165) is 0 Å². The molecule has 74 valence electrons. The van der Waals surface area contributed by atoms with Gasteiger partial charge in [-0.2, -0.15) is 13.2 Å². The summed E-state index contributed by atoms with van der Waals surface area (Å²) in [7, 11) is 1.58. The fourth-order valence-corrected chi connectivity index (χ4v) is 1.19. The minimum absolute atomic E-state index is 0. The molecule has 1 aliphatic rings. The third kappa shape index (κ3) is 1.84. The van der Waals surface area contributed by atoms with Gasteiger partial charge in [0.15, 0.2) is 5.60 Å². The molecule has 1 rings (SSSR count). The smallest absolute Gasteiger partial charge is 0.380 e. The Balaban J connectivity index is 0.00000121. The zero-order chi connectivity index (χ0) is 8.70. The topological polar surface area (TPSA) is 32.3 Å². The average molecular weight is 206 g/mol. The lowest BCUT2D eigenvalue weighted by Crippen LogP contribution is -2.60. The van der Waals surface area contributed by atoms with Crippen molar-refractivity contribution < 1.29 is 18.3 Å². The van der Waals surface area contributed by atoms with Crippen molar-refractivity contribution >= 4 is 12.4 Å². The van der Waals surface area contributed by atoms with Crippen LogP contribution in [0.2, 0.25) is 0 Å². The van der Waals surface area contributed by atoms with E-state index in [2.05, 4.69) is 5.32 Å². The van der Waals surface area contributed by atoms with Crippen LogP contribution >= 0.6 is 12.4 Å². The summed E-state index contributed by atoms with van der Waals surface area (Å²) < 4.78 is 35.8. The molecule has 0 heterocycles. The molecule has 1 aliphatic carbocycles. The molecule has 0 aromatic heterocycles. The van der Waals surface area contributed by atoms with Gasteiger partial charge in [-0.05, 0) is 7.05 Å².